The lowest BCUT2D eigenvalue weighted by Crippen LogP contribution is -2.39. The Kier molecular flexibility index (Phi) is 8.43. The van der Waals surface area contributed by atoms with Gasteiger partial charge < -0.3 is 15.7 Å². The minimum atomic E-state index is -3.27. The van der Waals surface area contributed by atoms with Crippen LogP contribution in [-0.4, -0.2) is 46.7 Å². The summed E-state index contributed by atoms with van der Waals surface area (Å²) in [4.78, 5) is 4.21. The molecule has 0 heterocycles. The number of sulfonamides is 1. The van der Waals surface area contributed by atoms with E-state index in [4.69, 9.17) is 0 Å². The molecule has 0 aliphatic heterocycles. The maximum absolute atomic E-state index is 11.6. The molecule has 2 aromatic rings. The van der Waals surface area contributed by atoms with Crippen LogP contribution in [0.5, 0.6) is 0 Å². The third-order valence-electron chi connectivity index (χ3n) is 4.38. The topological polar surface area (TPSA) is 103 Å². The minimum absolute atomic E-state index is 0.0202. The second kappa shape index (κ2) is 10.8. The average molecular weight is 405 g/mol. The fourth-order valence-electron chi connectivity index (χ4n) is 2.68. The van der Waals surface area contributed by atoms with Crippen molar-refractivity contribution in [2.24, 2.45) is 4.99 Å². The molecule has 0 bridgehead atoms. The molecule has 0 saturated heterocycles. The van der Waals surface area contributed by atoms with E-state index in [-0.39, 0.29) is 18.3 Å². The van der Waals surface area contributed by atoms with E-state index >= 15 is 0 Å². The summed E-state index contributed by atoms with van der Waals surface area (Å²) >= 11 is 0. The van der Waals surface area contributed by atoms with Gasteiger partial charge in [0, 0.05) is 26.1 Å². The lowest BCUT2D eigenvalue weighted by atomic mass is 10.0. The van der Waals surface area contributed by atoms with Crippen molar-refractivity contribution in [1.29, 1.82) is 0 Å². The van der Waals surface area contributed by atoms with Crippen molar-refractivity contribution in [3.8, 4) is 0 Å². The van der Waals surface area contributed by atoms with Gasteiger partial charge >= 0.3 is 0 Å². The highest BCUT2D eigenvalue weighted by atomic mass is 32.2. The van der Waals surface area contributed by atoms with Crippen LogP contribution in [0.25, 0.3) is 0 Å². The second-order valence-corrected chi connectivity index (χ2v) is 8.30. The van der Waals surface area contributed by atoms with E-state index in [1.165, 1.54) is 7.05 Å². The maximum Gasteiger partial charge on any atom is 0.215 e. The Bertz CT molecular complexity index is 853. The summed E-state index contributed by atoms with van der Waals surface area (Å²) < 4.78 is 25.5. The summed E-state index contributed by atoms with van der Waals surface area (Å²) in [6.45, 7) is 1.15. The number of benzene rings is 2. The number of nitrogens with zero attached hydrogens (tertiary/aromatic N) is 1. The zero-order chi connectivity index (χ0) is 20.4. The van der Waals surface area contributed by atoms with E-state index in [0.717, 1.165) is 16.7 Å². The second-order valence-electron chi connectivity index (χ2n) is 6.38. The highest BCUT2D eigenvalue weighted by Gasteiger charge is 2.11. The number of hydrogen-bond acceptors (Lipinski definition) is 4. The van der Waals surface area contributed by atoms with Crippen LogP contribution in [0.1, 0.15) is 22.6 Å². The number of aliphatic imine (C=N–C) groups is 1. The Hall–Kier alpha value is -2.42. The van der Waals surface area contributed by atoms with Gasteiger partial charge in [0.05, 0.1) is 12.4 Å². The molecular formula is C20H28N4O3S. The molecule has 152 valence electrons. The van der Waals surface area contributed by atoms with Crippen LogP contribution in [0.15, 0.2) is 59.6 Å². The molecule has 28 heavy (non-hydrogen) atoms. The molecule has 8 heteroatoms. The average Bonchev–Trinajstić information content (AvgIpc) is 2.72. The molecule has 0 aromatic heterocycles. The maximum atomic E-state index is 11.6. The molecule has 0 radical (unpaired) electrons. The number of aliphatic hydroxyl groups is 1. The predicted molar refractivity (Wildman–Crippen MR) is 113 cm³/mol. The summed E-state index contributed by atoms with van der Waals surface area (Å²) in [5.74, 6) is 0.576. The molecule has 2 rings (SSSR count). The van der Waals surface area contributed by atoms with Gasteiger partial charge in [-0.05, 0) is 23.7 Å². The normalized spacial score (nSPS) is 13.2. The molecule has 2 aromatic carbocycles. The van der Waals surface area contributed by atoms with E-state index in [2.05, 4.69) is 20.3 Å². The fourth-order valence-corrected chi connectivity index (χ4v) is 3.46. The third-order valence-corrected chi connectivity index (χ3v) is 5.72. The minimum Gasteiger partial charge on any atom is -0.396 e. The molecule has 0 aliphatic carbocycles. The molecule has 7 nitrogen and oxygen atoms in total. The van der Waals surface area contributed by atoms with Crippen LogP contribution >= 0.6 is 0 Å². The van der Waals surface area contributed by atoms with Crippen molar-refractivity contribution in [2.45, 2.75) is 18.2 Å². The van der Waals surface area contributed by atoms with Crippen molar-refractivity contribution in [3.05, 3.63) is 71.3 Å². The Morgan fingerprint density at radius 1 is 1.04 bits per heavy atom. The fraction of sp³-hybridized carbons (Fsp3) is 0.350. The number of nitrogens with one attached hydrogen (secondary N) is 3. The first kappa shape index (κ1) is 21.9. The number of rotatable bonds is 9. The van der Waals surface area contributed by atoms with Crippen molar-refractivity contribution in [2.75, 3.05) is 27.2 Å². The molecule has 0 saturated carbocycles. The highest BCUT2D eigenvalue weighted by molar-refractivity contribution is 7.88. The van der Waals surface area contributed by atoms with Crippen LogP contribution in [0, 0.1) is 0 Å². The van der Waals surface area contributed by atoms with Gasteiger partial charge in [-0.1, -0.05) is 54.6 Å². The van der Waals surface area contributed by atoms with Gasteiger partial charge in [-0.3, -0.25) is 4.99 Å². The first-order valence-corrected chi connectivity index (χ1v) is 10.7. The first-order valence-electron chi connectivity index (χ1n) is 9.06. The predicted octanol–water partition coefficient (Wildman–Crippen LogP) is 1.18. The molecule has 1 atom stereocenters. The number of aliphatic hydroxyl groups excluding tert-OH is 1. The largest absolute Gasteiger partial charge is 0.396 e. The quantitative estimate of drug-likeness (QED) is 0.371. The Balaban J connectivity index is 1.86. The first-order chi connectivity index (χ1) is 13.5. The van der Waals surface area contributed by atoms with E-state index in [0.29, 0.717) is 19.0 Å². The van der Waals surface area contributed by atoms with Crippen LogP contribution < -0.4 is 15.4 Å². The summed E-state index contributed by atoms with van der Waals surface area (Å²) in [5.41, 5.74) is 2.81. The van der Waals surface area contributed by atoms with Crippen molar-refractivity contribution < 1.29 is 13.5 Å². The van der Waals surface area contributed by atoms with E-state index < -0.39 is 10.0 Å². The van der Waals surface area contributed by atoms with Crippen LogP contribution in [0.4, 0.5) is 0 Å². The number of hydrogen-bond donors (Lipinski definition) is 4. The smallest absolute Gasteiger partial charge is 0.215 e. The van der Waals surface area contributed by atoms with E-state index in [1.807, 2.05) is 42.5 Å². The Labute approximate surface area is 167 Å². The zero-order valence-corrected chi connectivity index (χ0v) is 17.0. The van der Waals surface area contributed by atoms with Gasteiger partial charge in [-0.15, -0.1) is 0 Å². The van der Waals surface area contributed by atoms with Crippen LogP contribution in [-0.2, 0) is 22.3 Å². The van der Waals surface area contributed by atoms with Crippen molar-refractivity contribution in [1.82, 2.24) is 15.4 Å². The van der Waals surface area contributed by atoms with Crippen molar-refractivity contribution >= 4 is 16.0 Å². The van der Waals surface area contributed by atoms with Crippen molar-refractivity contribution in [3.63, 3.8) is 0 Å². The van der Waals surface area contributed by atoms with Crippen LogP contribution in [0.3, 0.4) is 0 Å². The molecule has 0 fully saturated rings. The lowest BCUT2D eigenvalue weighted by molar-refractivity contribution is 0.265. The summed E-state index contributed by atoms with van der Waals surface area (Å²) in [6, 6.07) is 17.2. The molecule has 0 aliphatic rings. The van der Waals surface area contributed by atoms with E-state index in [1.54, 1.807) is 19.2 Å². The van der Waals surface area contributed by atoms with Gasteiger partial charge in [-0.2, -0.15) is 0 Å². The van der Waals surface area contributed by atoms with Gasteiger partial charge in [-0.25, -0.2) is 13.1 Å². The van der Waals surface area contributed by atoms with Gasteiger partial charge in [0.25, 0.3) is 0 Å². The Morgan fingerprint density at radius 2 is 1.68 bits per heavy atom. The summed E-state index contributed by atoms with van der Waals surface area (Å²) in [6.07, 6.45) is 0. The monoisotopic (exact) mass is 404 g/mol. The third kappa shape index (κ3) is 6.95. The number of guanidine groups is 1. The highest BCUT2D eigenvalue weighted by Crippen LogP contribution is 2.13. The zero-order valence-electron chi connectivity index (χ0n) is 16.2. The van der Waals surface area contributed by atoms with Gasteiger partial charge in [0.1, 0.15) is 0 Å². The molecule has 4 N–H and O–H groups in total. The molecule has 1 unspecified atom stereocenters. The standard InChI is InChI=1S/C20H28N4O3S/c1-21-20(24-13-19(14-25)18-6-4-3-5-7-18)23-12-16-8-10-17(11-9-16)15-28(26,27)22-2/h3-11,19,22,25H,12-15H2,1-2H3,(H2,21,23,24). The van der Waals surface area contributed by atoms with Gasteiger partial charge in [0.15, 0.2) is 5.96 Å². The Morgan fingerprint density at radius 3 is 2.25 bits per heavy atom. The van der Waals surface area contributed by atoms with Gasteiger partial charge in [0.2, 0.25) is 10.0 Å². The summed E-state index contributed by atoms with van der Waals surface area (Å²) in [5, 5.41) is 16.1. The lowest BCUT2D eigenvalue weighted by Gasteiger charge is -2.18. The van der Waals surface area contributed by atoms with E-state index in [9.17, 15) is 13.5 Å². The molecular weight excluding hydrogens is 376 g/mol. The van der Waals surface area contributed by atoms with Crippen LogP contribution in [0.2, 0.25) is 0 Å². The molecule has 0 spiro atoms. The SMILES string of the molecule is CN=C(NCc1ccc(CS(=O)(=O)NC)cc1)NCC(CO)c1ccccc1. The summed E-state index contributed by atoms with van der Waals surface area (Å²) in [7, 11) is -0.171. The molecule has 0 amide bonds.